The summed E-state index contributed by atoms with van der Waals surface area (Å²) in [5.74, 6) is 1.72. The van der Waals surface area contributed by atoms with Crippen LogP contribution in [0.25, 0.3) is 0 Å². The number of hydrogen-bond donors (Lipinski definition) is 0. The van der Waals surface area contributed by atoms with Gasteiger partial charge in [0.05, 0.1) is 13.2 Å². The predicted octanol–water partition coefficient (Wildman–Crippen LogP) is 1.60. The van der Waals surface area contributed by atoms with Gasteiger partial charge in [-0.05, 0) is 31.2 Å². The maximum Gasteiger partial charge on any atom is 0.240 e. The lowest BCUT2D eigenvalue weighted by molar-refractivity contribution is 0.192. The van der Waals surface area contributed by atoms with Gasteiger partial charge in [-0.3, -0.25) is 9.88 Å². The number of hydrogen-bond acceptors (Lipinski definition) is 6. The summed E-state index contributed by atoms with van der Waals surface area (Å²) in [4.78, 5) is 10.6. The molecule has 1 atom stereocenters. The van der Waals surface area contributed by atoms with E-state index in [4.69, 9.17) is 9.26 Å². The van der Waals surface area contributed by atoms with Crippen LogP contribution < -0.4 is 0 Å². The van der Waals surface area contributed by atoms with E-state index < -0.39 is 0 Å². The number of rotatable bonds is 5. The first-order valence-corrected chi connectivity index (χ1v) is 6.79. The summed E-state index contributed by atoms with van der Waals surface area (Å²) in [6.45, 7) is 2.96. The Morgan fingerprint density at radius 1 is 1.30 bits per heavy atom. The largest absolute Gasteiger partial charge is 0.381 e. The third-order valence-corrected chi connectivity index (χ3v) is 3.39. The lowest BCUT2D eigenvalue weighted by Gasteiger charge is -2.13. The van der Waals surface area contributed by atoms with Crippen molar-refractivity contribution >= 4 is 0 Å². The monoisotopic (exact) mass is 274 g/mol. The van der Waals surface area contributed by atoms with Gasteiger partial charge in [-0.2, -0.15) is 4.98 Å². The number of pyridine rings is 1. The summed E-state index contributed by atoms with van der Waals surface area (Å²) >= 11 is 0. The molecule has 1 saturated heterocycles. The Morgan fingerprint density at radius 3 is 2.90 bits per heavy atom. The Kier molecular flexibility index (Phi) is 4.03. The van der Waals surface area contributed by atoms with Crippen LogP contribution in [-0.2, 0) is 17.8 Å². The number of nitrogens with zero attached hydrogens (tertiary/aromatic N) is 4. The van der Waals surface area contributed by atoms with Gasteiger partial charge in [0.1, 0.15) is 0 Å². The van der Waals surface area contributed by atoms with Crippen LogP contribution in [0.15, 0.2) is 29.0 Å². The Hall–Kier alpha value is -1.79. The van der Waals surface area contributed by atoms with Gasteiger partial charge in [-0.25, -0.2) is 0 Å². The van der Waals surface area contributed by atoms with Crippen molar-refractivity contribution in [2.45, 2.75) is 25.4 Å². The van der Waals surface area contributed by atoms with E-state index in [1.54, 1.807) is 12.4 Å². The molecule has 0 aliphatic carbocycles. The lowest BCUT2D eigenvalue weighted by atomic mass is 10.1. The minimum atomic E-state index is 0.290. The number of ether oxygens (including phenoxy) is 1. The first-order chi connectivity index (χ1) is 9.81. The summed E-state index contributed by atoms with van der Waals surface area (Å²) < 4.78 is 10.7. The highest BCUT2D eigenvalue weighted by atomic mass is 16.5. The summed E-state index contributed by atoms with van der Waals surface area (Å²) in [6.07, 6.45) is 4.58. The van der Waals surface area contributed by atoms with Crippen molar-refractivity contribution in [2.75, 3.05) is 20.3 Å². The van der Waals surface area contributed by atoms with Crippen molar-refractivity contribution < 1.29 is 9.26 Å². The second-order valence-electron chi connectivity index (χ2n) is 5.13. The maximum absolute atomic E-state index is 5.34. The minimum absolute atomic E-state index is 0.290. The van der Waals surface area contributed by atoms with Gasteiger partial charge >= 0.3 is 0 Å². The average Bonchev–Trinajstić information content (AvgIpc) is 3.10. The zero-order valence-corrected chi connectivity index (χ0v) is 11.5. The molecule has 0 amide bonds. The number of aromatic nitrogens is 3. The molecule has 0 radical (unpaired) electrons. The molecule has 0 saturated carbocycles. The molecule has 6 heteroatoms. The van der Waals surface area contributed by atoms with Crippen molar-refractivity contribution in [1.29, 1.82) is 0 Å². The molecule has 2 aromatic rings. The van der Waals surface area contributed by atoms with Crippen LogP contribution in [0, 0.1) is 0 Å². The smallest absolute Gasteiger partial charge is 0.240 e. The molecule has 106 valence electrons. The molecule has 6 nitrogen and oxygen atoms in total. The van der Waals surface area contributed by atoms with Crippen LogP contribution in [0.1, 0.15) is 29.6 Å². The average molecular weight is 274 g/mol. The molecule has 0 bridgehead atoms. The normalized spacial score (nSPS) is 18.8. The Balaban J connectivity index is 1.57. The summed E-state index contributed by atoms with van der Waals surface area (Å²) in [5, 5.41) is 4.06. The Morgan fingerprint density at radius 2 is 2.15 bits per heavy atom. The van der Waals surface area contributed by atoms with Gasteiger partial charge in [-0.15, -0.1) is 0 Å². The van der Waals surface area contributed by atoms with Crippen molar-refractivity contribution in [1.82, 2.24) is 20.0 Å². The molecule has 0 N–H and O–H groups in total. The van der Waals surface area contributed by atoms with Gasteiger partial charge < -0.3 is 9.26 Å². The van der Waals surface area contributed by atoms with Crippen LogP contribution in [0.3, 0.4) is 0 Å². The van der Waals surface area contributed by atoms with E-state index in [9.17, 15) is 0 Å². The highest BCUT2D eigenvalue weighted by Gasteiger charge is 2.23. The van der Waals surface area contributed by atoms with Crippen molar-refractivity contribution in [2.24, 2.45) is 0 Å². The molecule has 0 spiro atoms. The fourth-order valence-electron chi connectivity index (χ4n) is 2.32. The minimum Gasteiger partial charge on any atom is -0.381 e. The summed E-state index contributed by atoms with van der Waals surface area (Å²) in [6, 6.07) is 4.01. The third-order valence-electron chi connectivity index (χ3n) is 3.39. The summed E-state index contributed by atoms with van der Waals surface area (Å²) in [7, 11) is 2.03. The summed E-state index contributed by atoms with van der Waals surface area (Å²) in [5.41, 5.74) is 1.21. The molecular formula is C14H18N4O2. The van der Waals surface area contributed by atoms with E-state index in [2.05, 4.69) is 20.0 Å². The van der Waals surface area contributed by atoms with Crippen molar-refractivity contribution in [3.63, 3.8) is 0 Å². The third kappa shape index (κ3) is 3.20. The maximum atomic E-state index is 5.34. The molecule has 20 heavy (non-hydrogen) atoms. The topological polar surface area (TPSA) is 64.3 Å². The highest BCUT2D eigenvalue weighted by molar-refractivity contribution is 5.09. The van der Waals surface area contributed by atoms with E-state index in [0.717, 1.165) is 25.4 Å². The molecule has 3 rings (SSSR count). The first-order valence-electron chi connectivity index (χ1n) is 6.79. The molecule has 0 unspecified atom stereocenters. The highest BCUT2D eigenvalue weighted by Crippen LogP contribution is 2.22. The standard InChI is InChI=1S/C14H18N4O2/c1-18(8-11-2-5-15-6-3-11)9-13-16-14(17-20-13)12-4-7-19-10-12/h2-3,5-6,12H,4,7-10H2,1H3/t12-/m0/s1. The second kappa shape index (κ2) is 6.11. The van der Waals surface area contributed by atoms with Crippen molar-refractivity contribution in [3.05, 3.63) is 41.8 Å². The van der Waals surface area contributed by atoms with Crippen LogP contribution in [0.4, 0.5) is 0 Å². The molecule has 0 aromatic carbocycles. The SMILES string of the molecule is CN(Cc1ccncc1)Cc1nc([C@H]2CCOC2)no1. The van der Waals surface area contributed by atoms with Crippen LogP contribution in [0.5, 0.6) is 0 Å². The molecule has 1 fully saturated rings. The first kappa shape index (κ1) is 13.2. The van der Waals surface area contributed by atoms with Gasteiger partial charge in [0.25, 0.3) is 0 Å². The lowest BCUT2D eigenvalue weighted by Crippen LogP contribution is -2.17. The second-order valence-corrected chi connectivity index (χ2v) is 5.13. The van der Waals surface area contributed by atoms with Gasteiger partial charge in [0.15, 0.2) is 5.82 Å². The molecule has 1 aliphatic rings. The Bertz CT molecular complexity index is 537. The van der Waals surface area contributed by atoms with Crippen LogP contribution in [0.2, 0.25) is 0 Å². The van der Waals surface area contributed by atoms with Crippen molar-refractivity contribution in [3.8, 4) is 0 Å². The van der Waals surface area contributed by atoms with E-state index in [0.29, 0.717) is 19.0 Å². The zero-order chi connectivity index (χ0) is 13.8. The van der Waals surface area contributed by atoms with Crippen LogP contribution in [-0.4, -0.2) is 40.3 Å². The fraction of sp³-hybridized carbons (Fsp3) is 0.500. The van der Waals surface area contributed by atoms with Crippen LogP contribution >= 0.6 is 0 Å². The fourth-order valence-corrected chi connectivity index (χ4v) is 2.32. The zero-order valence-electron chi connectivity index (χ0n) is 11.5. The van der Waals surface area contributed by atoms with E-state index >= 15 is 0 Å². The molecule has 3 heterocycles. The quantitative estimate of drug-likeness (QED) is 0.825. The Labute approximate surface area is 117 Å². The van der Waals surface area contributed by atoms with E-state index in [1.807, 2.05) is 19.2 Å². The van der Waals surface area contributed by atoms with Gasteiger partial charge in [-0.1, -0.05) is 5.16 Å². The van der Waals surface area contributed by atoms with E-state index in [1.165, 1.54) is 5.56 Å². The van der Waals surface area contributed by atoms with Gasteiger partial charge in [0, 0.05) is 31.5 Å². The van der Waals surface area contributed by atoms with E-state index in [-0.39, 0.29) is 5.92 Å². The predicted molar refractivity (Wildman–Crippen MR) is 71.9 cm³/mol. The molecule has 1 aliphatic heterocycles. The molecule has 2 aromatic heterocycles. The molecular weight excluding hydrogens is 256 g/mol. The van der Waals surface area contributed by atoms with Gasteiger partial charge in [0.2, 0.25) is 5.89 Å².